The first-order chi connectivity index (χ1) is 12.3. The highest BCUT2D eigenvalue weighted by Gasteiger charge is 2.22. The van der Waals surface area contributed by atoms with E-state index in [0.29, 0.717) is 18.2 Å². The number of nitrogens with zero attached hydrogens (tertiary/aromatic N) is 2. The fourth-order valence-corrected chi connectivity index (χ4v) is 2.85. The number of ether oxygens (including phenoxy) is 1. The fourth-order valence-electron chi connectivity index (χ4n) is 2.85. The van der Waals surface area contributed by atoms with Crippen molar-refractivity contribution in [3.05, 3.63) is 60.5 Å². The quantitative estimate of drug-likeness (QED) is 0.765. The largest absolute Gasteiger partial charge is 0.493 e. The van der Waals surface area contributed by atoms with Crippen molar-refractivity contribution in [2.75, 3.05) is 11.9 Å². The number of benzene rings is 2. The van der Waals surface area contributed by atoms with Gasteiger partial charge in [0.2, 0.25) is 12.3 Å². The molecule has 1 aromatic heterocycles. The van der Waals surface area contributed by atoms with Crippen LogP contribution in [0.3, 0.4) is 0 Å². The van der Waals surface area contributed by atoms with Crippen LogP contribution >= 0.6 is 0 Å². The molecule has 0 saturated heterocycles. The standard InChI is InChI=1S/C18H16N4O3/c23-18(21-15-8-9-24-16-7-2-1-6-14(15)16)20-13-5-3-4-12(10-13)17-22-19-11-25-17/h1-7,10-11,15H,8-9H2,(H2,20,21,23)/t15-/m1/s1. The lowest BCUT2D eigenvalue weighted by atomic mass is 10.0. The summed E-state index contributed by atoms with van der Waals surface area (Å²) in [5.41, 5.74) is 2.38. The molecule has 2 amide bonds. The Hall–Kier alpha value is -3.35. The van der Waals surface area contributed by atoms with Gasteiger partial charge in [0.05, 0.1) is 12.6 Å². The summed E-state index contributed by atoms with van der Waals surface area (Å²) >= 11 is 0. The molecule has 126 valence electrons. The third-order valence-corrected chi connectivity index (χ3v) is 3.99. The Bertz CT molecular complexity index is 880. The fraction of sp³-hybridized carbons (Fsp3) is 0.167. The van der Waals surface area contributed by atoms with Gasteiger partial charge in [-0.15, -0.1) is 10.2 Å². The van der Waals surface area contributed by atoms with Crippen LogP contribution in [0.15, 0.2) is 59.3 Å². The molecular formula is C18H16N4O3. The van der Waals surface area contributed by atoms with Gasteiger partial charge in [0.15, 0.2) is 0 Å². The predicted octanol–water partition coefficient (Wildman–Crippen LogP) is 3.38. The number of nitrogens with one attached hydrogen (secondary N) is 2. The molecule has 1 aliphatic heterocycles. The number of aromatic nitrogens is 2. The first-order valence-electron chi connectivity index (χ1n) is 7.95. The Morgan fingerprint density at radius 2 is 2.08 bits per heavy atom. The zero-order chi connectivity index (χ0) is 17.1. The van der Waals surface area contributed by atoms with E-state index >= 15 is 0 Å². The van der Waals surface area contributed by atoms with Crippen LogP contribution in [0.4, 0.5) is 10.5 Å². The van der Waals surface area contributed by atoms with Gasteiger partial charge >= 0.3 is 6.03 Å². The van der Waals surface area contributed by atoms with Crippen molar-refractivity contribution in [3.8, 4) is 17.2 Å². The molecule has 0 radical (unpaired) electrons. The molecule has 2 aromatic carbocycles. The van der Waals surface area contributed by atoms with Gasteiger partial charge in [-0.2, -0.15) is 0 Å². The highest BCUT2D eigenvalue weighted by atomic mass is 16.5. The second-order valence-corrected chi connectivity index (χ2v) is 5.65. The number of rotatable bonds is 3. The van der Waals surface area contributed by atoms with E-state index in [2.05, 4.69) is 20.8 Å². The van der Waals surface area contributed by atoms with Crippen LogP contribution in [0.5, 0.6) is 5.75 Å². The van der Waals surface area contributed by atoms with Crippen molar-refractivity contribution >= 4 is 11.7 Å². The van der Waals surface area contributed by atoms with E-state index in [0.717, 1.165) is 23.3 Å². The molecule has 0 saturated carbocycles. The van der Waals surface area contributed by atoms with Crippen LogP contribution in [0.2, 0.25) is 0 Å². The summed E-state index contributed by atoms with van der Waals surface area (Å²) in [5, 5.41) is 13.4. The van der Waals surface area contributed by atoms with Gasteiger partial charge < -0.3 is 19.8 Å². The van der Waals surface area contributed by atoms with Crippen molar-refractivity contribution in [2.45, 2.75) is 12.5 Å². The average molecular weight is 336 g/mol. The molecule has 0 spiro atoms. The summed E-state index contributed by atoms with van der Waals surface area (Å²) in [6, 6.07) is 14.6. The number of urea groups is 1. The maximum Gasteiger partial charge on any atom is 0.319 e. The lowest BCUT2D eigenvalue weighted by Crippen LogP contribution is -2.35. The Morgan fingerprint density at radius 1 is 1.16 bits per heavy atom. The van der Waals surface area contributed by atoms with E-state index in [1.807, 2.05) is 36.4 Å². The molecule has 25 heavy (non-hydrogen) atoms. The number of fused-ring (bicyclic) bond motifs is 1. The molecule has 3 aromatic rings. The Kier molecular flexibility index (Phi) is 4.04. The molecule has 2 N–H and O–H groups in total. The summed E-state index contributed by atoms with van der Waals surface area (Å²) < 4.78 is 10.8. The summed E-state index contributed by atoms with van der Waals surface area (Å²) in [4.78, 5) is 12.4. The molecule has 0 fully saturated rings. The highest BCUT2D eigenvalue weighted by Crippen LogP contribution is 2.31. The number of hydrogen-bond acceptors (Lipinski definition) is 5. The van der Waals surface area contributed by atoms with E-state index in [9.17, 15) is 4.79 Å². The van der Waals surface area contributed by atoms with Crippen molar-refractivity contribution in [2.24, 2.45) is 0 Å². The molecule has 2 heterocycles. The van der Waals surface area contributed by atoms with E-state index in [1.54, 1.807) is 12.1 Å². The minimum Gasteiger partial charge on any atom is -0.493 e. The van der Waals surface area contributed by atoms with E-state index in [-0.39, 0.29) is 12.1 Å². The second kappa shape index (κ2) is 6.64. The number of anilines is 1. The number of para-hydroxylation sites is 1. The zero-order valence-electron chi connectivity index (χ0n) is 13.3. The van der Waals surface area contributed by atoms with E-state index in [4.69, 9.17) is 9.15 Å². The first kappa shape index (κ1) is 15.2. The van der Waals surface area contributed by atoms with Crippen LogP contribution < -0.4 is 15.4 Å². The Morgan fingerprint density at radius 3 is 2.96 bits per heavy atom. The second-order valence-electron chi connectivity index (χ2n) is 5.65. The number of amides is 2. The highest BCUT2D eigenvalue weighted by molar-refractivity contribution is 5.90. The van der Waals surface area contributed by atoms with Gasteiger partial charge in [-0.3, -0.25) is 0 Å². The van der Waals surface area contributed by atoms with E-state index < -0.39 is 0 Å². The molecule has 4 rings (SSSR count). The maximum atomic E-state index is 12.4. The Labute approximate surface area is 144 Å². The number of carbonyl (C=O) groups is 1. The lowest BCUT2D eigenvalue weighted by molar-refractivity contribution is 0.232. The third-order valence-electron chi connectivity index (χ3n) is 3.99. The summed E-state index contributed by atoms with van der Waals surface area (Å²) in [5.74, 6) is 1.22. The van der Waals surface area contributed by atoms with E-state index in [1.165, 1.54) is 6.39 Å². The molecule has 0 aliphatic carbocycles. The van der Waals surface area contributed by atoms with Crippen LogP contribution in [0.1, 0.15) is 18.0 Å². The van der Waals surface area contributed by atoms with Crippen molar-refractivity contribution in [1.82, 2.24) is 15.5 Å². The molecule has 1 atom stereocenters. The normalized spacial score (nSPS) is 15.8. The van der Waals surface area contributed by atoms with Gasteiger partial charge in [-0.1, -0.05) is 24.3 Å². The third kappa shape index (κ3) is 3.30. The monoisotopic (exact) mass is 336 g/mol. The molecular weight excluding hydrogens is 320 g/mol. The summed E-state index contributed by atoms with van der Waals surface area (Å²) in [7, 11) is 0. The van der Waals surface area contributed by atoms with Crippen LogP contribution in [0, 0.1) is 0 Å². The van der Waals surface area contributed by atoms with Crippen molar-refractivity contribution in [3.63, 3.8) is 0 Å². The zero-order valence-corrected chi connectivity index (χ0v) is 13.3. The summed E-state index contributed by atoms with van der Waals surface area (Å²) in [6.45, 7) is 0.578. The van der Waals surface area contributed by atoms with Crippen LogP contribution in [-0.4, -0.2) is 22.8 Å². The maximum absolute atomic E-state index is 12.4. The first-order valence-corrected chi connectivity index (χ1v) is 7.95. The smallest absolute Gasteiger partial charge is 0.319 e. The van der Waals surface area contributed by atoms with Gasteiger partial charge in [0.25, 0.3) is 0 Å². The minimum atomic E-state index is -0.274. The predicted molar refractivity (Wildman–Crippen MR) is 91.2 cm³/mol. The molecule has 0 bridgehead atoms. The SMILES string of the molecule is O=C(Nc1cccc(-c2nnco2)c1)N[C@@H]1CCOc2ccccc21. The average Bonchev–Trinajstić information content (AvgIpc) is 3.17. The van der Waals surface area contributed by atoms with Crippen LogP contribution in [-0.2, 0) is 0 Å². The van der Waals surface area contributed by atoms with Crippen molar-refractivity contribution in [1.29, 1.82) is 0 Å². The lowest BCUT2D eigenvalue weighted by Gasteiger charge is -2.26. The Balaban J connectivity index is 1.46. The van der Waals surface area contributed by atoms with Crippen molar-refractivity contribution < 1.29 is 13.9 Å². The summed E-state index contributed by atoms with van der Waals surface area (Å²) in [6.07, 6.45) is 2.00. The topological polar surface area (TPSA) is 89.3 Å². The molecule has 0 unspecified atom stereocenters. The molecule has 7 nitrogen and oxygen atoms in total. The van der Waals surface area contributed by atoms with Gasteiger partial charge in [-0.05, 0) is 24.3 Å². The minimum absolute atomic E-state index is 0.0796. The number of hydrogen-bond donors (Lipinski definition) is 2. The molecule has 7 heteroatoms. The van der Waals surface area contributed by atoms with Crippen LogP contribution in [0.25, 0.3) is 11.5 Å². The molecule has 1 aliphatic rings. The van der Waals surface area contributed by atoms with Gasteiger partial charge in [0.1, 0.15) is 5.75 Å². The van der Waals surface area contributed by atoms with Gasteiger partial charge in [-0.25, -0.2) is 4.79 Å². The number of carbonyl (C=O) groups excluding carboxylic acids is 1. The van der Waals surface area contributed by atoms with Gasteiger partial charge in [0, 0.05) is 23.2 Å².